The number of rotatable bonds is 10. The predicted octanol–water partition coefficient (Wildman–Crippen LogP) is 4.69. The number of para-hydroxylation sites is 1. The lowest BCUT2D eigenvalue weighted by Crippen LogP contribution is -2.58. The van der Waals surface area contributed by atoms with Crippen LogP contribution in [0.1, 0.15) is 83.4 Å². The molecule has 4 heterocycles. The molecule has 4 fully saturated rings. The van der Waals surface area contributed by atoms with Gasteiger partial charge in [-0.15, -0.1) is 0 Å². The van der Waals surface area contributed by atoms with Crippen LogP contribution in [0, 0.1) is 11.3 Å². The normalized spacial score (nSPS) is 25.9. The van der Waals surface area contributed by atoms with Crippen LogP contribution in [0.25, 0.3) is 10.9 Å². The first kappa shape index (κ1) is 40.7. The third-order valence-corrected chi connectivity index (χ3v) is 12.8. The van der Waals surface area contributed by atoms with Crippen molar-refractivity contribution in [1.82, 2.24) is 29.8 Å². The monoisotopic (exact) mass is 815 g/mol. The van der Waals surface area contributed by atoms with Crippen molar-refractivity contribution in [2.24, 2.45) is 7.05 Å². The van der Waals surface area contributed by atoms with Gasteiger partial charge in [0, 0.05) is 56.6 Å². The van der Waals surface area contributed by atoms with Crippen LogP contribution in [-0.4, -0.2) is 116 Å². The van der Waals surface area contributed by atoms with E-state index in [0.717, 1.165) is 56.2 Å². The molecule has 1 saturated carbocycles. The van der Waals surface area contributed by atoms with E-state index in [-0.39, 0.29) is 65.8 Å². The van der Waals surface area contributed by atoms with Crippen LogP contribution >= 0.6 is 23.8 Å². The number of aryl methyl sites for hydroxylation is 1. The highest BCUT2D eigenvalue weighted by Crippen LogP contribution is 2.39. The number of halogens is 1. The second-order valence-corrected chi connectivity index (χ2v) is 17.1. The van der Waals surface area contributed by atoms with E-state index in [0.29, 0.717) is 40.8 Å². The number of aromatic nitrogens is 2. The SMILES string of the molecule is C[C@@H]1CN(CCOC2CCC(N3C(=S)N(c4ccc(C#N)c(Cl)c4)C(=O)C3(C)C)CC2)C[C@H](C)N1CC(=O)Nc1cccc2c(C3CCC(=O)NC3=O)nn(C)c12. The average molecular weight is 816 g/mol. The Morgan fingerprint density at radius 1 is 1.09 bits per heavy atom. The standard InChI is InChI=1S/C41H50ClN9O5S/c1-24-21-48(17-18-56-29-13-11-27(12-14-29)51-40(57)50(39(55)41(51,3)4)28-10-9-26(20-43)32(42)19-28)22-25(2)49(24)23-35(53)44-33-8-6-7-30-36(46-47(5)37(30)33)31-15-16-34(52)45-38(31)54/h6-10,19,24-25,27,29,31H,11-18,21-23H2,1-5H3,(H,44,53)(H,45,52,54)/t24-,25+,27?,29?,31?. The van der Waals surface area contributed by atoms with Crippen LogP contribution in [-0.2, 0) is 31.0 Å². The fourth-order valence-electron chi connectivity index (χ4n) is 9.20. The molecule has 1 aliphatic carbocycles. The molecule has 7 rings (SSSR count). The molecule has 1 unspecified atom stereocenters. The number of carbonyl (C=O) groups excluding carboxylic acids is 4. The molecule has 1 aromatic heterocycles. The van der Waals surface area contributed by atoms with Crippen LogP contribution in [0.4, 0.5) is 11.4 Å². The molecule has 2 aromatic carbocycles. The highest BCUT2D eigenvalue weighted by Gasteiger charge is 2.52. The summed E-state index contributed by atoms with van der Waals surface area (Å²) in [5.41, 5.74) is 2.07. The van der Waals surface area contributed by atoms with Gasteiger partial charge in [0.2, 0.25) is 17.7 Å². The number of fused-ring (bicyclic) bond motifs is 1. The Labute approximate surface area is 343 Å². The third kappa shape index (κ3) is 8.03. The molecule has 3 saturated heterocycles. The van der Waals surface area contributed by atoms with Crippen molar-refractivity contribution in [3.63, 3.8) is 0 Å². The van der Waals surface area contributed by atoms with Gasteiger partial charge in [0.1, 0.15) is 11.6 Å². The average Bonchev–Trinajstić information content (AvgIpc) is 3.58. The first-order chi connectivity index (χ1) is 27.2. The number of imide groups is 1. The second kappa shape index (κ2) is 16.4. The van der Waals surface area contributed by atoms with Crippen molar-refractivity contribution in [2.75, 3.05) is 43.0 Å². The van der Waals surface area contributed by atoms with Crippen molar-refractivity contribution >= 4 is 74.8 Å². The van der Waals surface area contributed by atoms with Gasteiger partial charge in [-0.1, -0.05) is 23.7 Å². The van der Waals surface area contributed by atoms with Gasteiger partial charge in [-0.3, -0.25) is 43.9 Å². The number of nitriles is 1. The number of piperazine rings is 1. The van der Waals surface area contributed by atoms with Gasteiger partial charge in [0.05, 0.1) is 58.3 Å². The number of thiocarbonyl (C=S) groups is 1. The highest BCUT2D eigenvalue weighted by atomic mass is 35.5. The Morgan fingerprint density at radius 3 is 2.47 bits per heavy atom. The van der Waals surface area contributed by atoms with Gasteiger partial charge in [-0.05, 0) is 96.3 Å². The zero-order chi connectivity index (χ0) is 40.8. The lowest BCUT2D eigenvalue weighted by Gasteiger charge is -2.44. The number of hydrogen-bond acceptors (Lipinski definition) is 10. The van der Waals surface area contributed by atoms with E-state index in [9.17, 15) is 24.4 Å². The highest BCUT2D eigenvalue weighted by molar-refractivity contribution is 7.80. The summed E-state index contributed by atoms with van der Waals surface area (Å²) < 4.78 is 8.10. The van der Waals surface area contributed by atoms with Crippen molar-refractivity contribution in [3.05, 3.63) is 52.7 Å². The first-order valence-electron chi connectivity index (χ1n) is 19.7. The molecule has 0 spiro atoms. The van der Waals surface area contributed by atoms with Crippen molar-refractivity contribution in [3.8, 4) is 6.07 Å². The summed E-state index contributed by atoms with van der Waals surface area (Å²) in [6.07, 6.45) is 4.26. The van der Waals surface area contributed by atoms with Crippen LogP contribution in [0.15, 0.2) is 36.4 Å². The van der Waals surface area contributed by atoms with Gasteiger partial charge in [-0.25, -0.2) is 0 Å². The van der Waals surface area contributed by atoms with E-state index < -0.39 is 11.5 Å². The summed E-state index contributed by atoms with van der Waals surface area (Å²) in [7, 11) is 1.80. The van der Waals surface area contributed by atoms with E-state index >= 15 is 0 Å². The number of carbonyl (C=O) groups is 4. The van der Waals surface area contributed by atoms with E-state index in [1.54, 1.807) is 34.8 Å². The van der Waals surface area contributed by atoms with Crippen LogP contribution < -0.4 is 15.5 Å². The Kier molecular flexibility index (Phi) is 11.7. The van der Waals surface area contributed by atoms with E-state index in [1.807, 2.05) is 32.0 Å². The number of benzene rings is 2. The Morgan fingerprint density at radius 2 is 1.81 bits per heavy atom. The zero-order valence-corrected chi connectivity index (χ0v) is 34.7. The number of hydrogen-bond donors (Lipinski definition) is 2. The van der Waals surface area contributed by atoms with Gasteiger partial charge >= 0.3 is 0 Å². The quantitative estimate of drug-likeness (QED) is 0.216. The molecule has 2 N–H and O–H groups in total. The Bertz CT molecular complexity index is 2130. The van der Waals surface area contributed by atoms with Crippen LogP contribution in [0.5, 0.6) is 0 Å². The van der Waals surface area contributed by atoms with Gasteiger partial charge < -0.3 is 15.0 Å². The first-order valence-corrected chi connectivity index (χ1v) is 20.5. The lowest BCUT2D eigenvalue weighted by molar-refractivity contribution is -0.134. The summed E-state index contributed by atoms with van der Waals surface area (Å²) in [4.78, 5) is 59.7. The number of amides is 4. The van der Waals surface area contributed by atoms with Gasteiger partial charge in [-0.2, -0.15) is 10.4 Å². The molecule has 57 heavy (non-hydrogen) atoms. The molecule has 0 radical (unpaired) electrons. The number of ether oxygens (including phenoxy) is 1. The topological polar surface area (TPSA) is 156 Å². The summed E-state index contributed by atoms with van der Waals surface area (Å²) in [6, 6.07) is 13.0. The molecule has 3 aliphatic heterocycles. The number of piperidine rings is 1. The smallest absolute Gasteiger partial charge is 0.258 e. The Hall–Kier alpha value is -4.46. The van der Waals surface area contributed by atoms with Gasteiger partial charge in [0.15, 0.2) is 5.11 Å². The molecular formula is C41H50ClN9O5S. The van der Waals surface area contributed by atoms with Crippen LogP contribution in [0.2, 0.25) is 5.02 Å². The number of anilines is 2. The molecule has 14 nitrogen and oxygen atoms in total. The maximum Gasteiger partial charge on any atom is 0.258 e. The molecule has 16 heteroatoms. The summed E-state index contributed by atoms with van der Waals surface area (Å²) >= 11 is 12.2. The minimum absolute atomic E-state index is 0.106. The molecule has 3 aromatic rings. The third-order valence-electron chi connectivity index (χ3n) is 12.1. The molecule has 4 aliphatic rings. The largest absolute Gasteiger partial charge is 0.377 e. The van der Waals surface area contributed by atoms with Gasteiger partial charge in [0.25, 0.3) is 5.91 Å². The van der Waals surface area contributed by atoms with E-state index in [4.69, 9.17) is 28.6 Å². The summed E-state index contributed by atoms with van der Waals surface area (Å²) in [6.45, 7) is 11.4. The lowest BCUT2D eigenvalue weighted by atomic mass is 9.89. The maximum absolute atomic E-state index is 13.6. The maximum atomic E-state index is 13.6. The fraction of sp³-hybridized carbons (Fsp3) is 0.537. The zero-order valence-electron chi connectivity index (χ0n) is 33.1. The second-order valence-electron chi connectivity index (χ2n) is 16.3. The molecule has 3 atom stereocenters. The van der Waals surface area contributed by atoms with Crippen LogP contribution in [0.3, 0.4) is 0 Å². The summed E-state index contributed by atoms with van der Waals surface area (Å²) in [5, 5.41) is 21.0. The minimum Gasteiger partial charge on any atom is -0.377 e. The fourth-order valence-corrected chi connectivity index (χ4v) is 9.98. The molecule has 302 valence electrons. The number of nitrogens with zero attached hydrogens (tertiary/aromatic N) is 7. The Balaban J connectivity index is 0.876. The summed E-state index contributed by atoms with van der Waals surface area (Å²) in [5.74, 6) is -1.36. The molecular weight excluding hydrogens is 766 g/mol. The molecule has 0 bridgehead atoms. The van der Waals surface area contributed by atoms with Crippen molar-refractivity contribution in [1.29, 1.82) is 5.26 Å². The predicted molar refractivity (Wildman–Crippen MR) is 221 cm³/mol. The molecule has 4 amide bonds. The van der Waals surface area contributed by atoms with Crippen molar-refractivity contribution in [2.45, 2.75) is 102 Å². The van der Waals surface area contributed by atoms with Crippen molar-refractivity contribution < 1.29 is 23.9 Å². The van der Waals surface area contributed by atoms with E-state index in [2.05, 4.69) is 50.3 Å². The van der Waals surface area contributed by atoms with E-state index in [1.165, 1.54) is 0 Å². The minimum atomic E-state index is -0.817. The number of nitrogens with one attached hydrogen (secondary N) is 2.